The smallest absolute Gasteiger partial charge is 0.275 e. The van der Waals surface area contributed by atoms with Crippen LogP contribution in [0.2, 0.25) is 0 Å². The molecule has 2 heterocycles. The molecular weight excluding hydrogens is 378 g/mol. The molecule has 0 radical (unpaired) electrons. The summed E-state index contributed by atoms with van der Waals surface area (Å²) in [7, 11) is -2.74. The normalized spacial score (nSPS) is 15.0. The van der Waals surface area contributed by atoms with Crippen LogP contribution in [-0.4, -0.2) is 65.8 Å². The van der Waals surface area contributed by atoms with E-state index in [9.17, 15) is 18.0 Å². The van der Waals surface area contributed by atoms with Crippen LogP contribution in [0.3, 0.4) is 0 Å². The topological polar surface area (TPSA) is 113 Å². The molecule has 1 aromatic heterocycles. The van der Waals surface area contributed by atoms with E-state index in [-0.39, 0.29) is 11.8 Å². The van der Waals surface area contributed by atoms with Gasteiger partial charge in [0.1, 0.15) is 0 Å². The number of carbonyl (C=O) groups excluding carboxylic acids is 2. The predicted octanol–water partition coefficient (Wildman–Crippen LogP) is 0.465. The lowest BCUT2D eigenvalue weighted by Gasteiger charge is -2.21. The lowest BCUT2D eigenvalue weighted by atomic mass is 10.2. The van der Waals surface area contributed by atoms with Crippen LogP contribution in [0, 0.1) is 0 Å². The molecule has 138 valence electrons. The van der Waals surface area contributed by atoms with Crippen molar-refractivity contribution in [2.45, 2.75) is 6.42 Å². The summed E-state index contributed by atoms with van der Waals surface area (Å²) in [4.78, 5) is 28.4. The maximum Gasteiger partial charge on any atom is 0.275 e. The van der Waals surface area contributed by atoms with Gasteiger partial charge in [0, 0.05) is 42.8 Å². The predicted molar refractivity (Wildman–Crippen MR) is 96.7 cm³/mol. The molecule has 1 fully saturated rings. The summed E-state index contributed by atoms with van der Waals surface area (Å²) in [5.41, 5.74) is 1.21. The van der Waals surface area contributed by atoms with Gasteiger partial charge in [-0.1, -0.05) is 4.49 Å². The van der Waals surface area contributed by atoms with Gasteiger partial charge in [-0.05, 0) is 42.2 Å². The van der Waals surface area contributed by atoms with Crippen LogP contribution >= 0.6 is 11.5 Å². The van der Waals surface area contributed by atoms with Crippen molar-refractivity contribution < 1.29 is 18.0 Å². The van der Waals surface area contributed by atoms with E-state index in [0.717, 1.165) is 11.5 Å². The van der Waals surface area contributed by atoms with Crippen molar-refractivity contribution in [3.63, 3.8) is 0 Å². The second-order valence-electron chi connectivity index (χ2n) is 5.67. The summed E-state index contributed by atoms with van der Waals surface area (Å²) in [6, 6.07) is 6.25. The molecule has 1 saturated heterocycles. The van der Waals surface area contributed by atoms with Crippen LogP contribution in [0.25, 0.3) is 0 Å². The number of thiol groups is 1. The lowest BCUT2D eigenvalue weighted by molar-refractivity contribution is 0.0715. The molecule has 9 nitrogen and oxygen atoms in total. The Morgan fingerprint density at radius 2 is 1.65 bits per heavy atom. The molecule has 26 heavy (non-hydrogen) atoms. The second kappa shape index (κ2) is 8.23. The van der Waals surface area contributed by atoms with E-state index in [4.69, 9.17) is 0 Å². The van der Waals surface area contributed by atoms with E-state index >= 15 is 0 Å². The Hall–Kier alpha value is -2.53. The number of nitrogens with zero attached hydrogens (tertiary/aromatic N) is 4. The van der Waals surface area contributed by atoms with Crippen LogP contribution < -0.4 is 4.72 Å². The summed E-state index contributed by atoms with van der Waals surface area (Å²) >= 11 is 1.13. The molecule has 2 aromatic rings. The number of anilines is 1. The maximum absolute atomic E-state index is 12.7. The van der Waals surface area contributed by atoms with Crippen LogP contribution in [-0.2, 0) is 10.9 Å². The van der Waals surface area contributed by atoms with Crippen LogP contribution in [0.5, 0.6) is 0 Å². The van der Waals surface area contributed by atoms with Gasteiger partial charge in [0.05, 0.1) is 0 Å². The first kappa shape index (κ1) is 18.3. The molecule has 0 saturated carbocycles. The number of hydrogen-bond donors (Lipinski definition) is 2. The molecule has 1 N–H and O–H groups in total. The molecule has 1 aliphatic rings. The van der Waals surface area contributed by atoms with Gasteiger partial charge in [-0.15, -0.1) is 5.10 Å². The minimum atomic E-state index is -2.74. The van der Waals surface area contributed by atoms with Gasteiger partial charge in [0.25, 0.3) is 11.8 Å². The van der Waals surface area contributed by atoms with Gasteiger partial charge in [0.2, 0.25) is 10.9 Å². The number of hydrogen-bond acceptors (Lipinski definition) is 7. The summed E-state index contributed by atoms with van der Waals surface area (Å²) in [6.45, 7) is 1.96. The number of rotatable bonds is 4. The third-order valence-corrected chi connectivity index (χ3v) is 4.95. The average molecular weight is 395 g/mol. The van der Waals surface area contributed by atoms with Crippen molar-refractivity contribution >= 4 is 39.9 Å². The molecule has 0 atom stereocenters. The quantitative estimate of drug-likeness (QED) is 0.728. The third-order valence-electron chi connectivity index (χ3n) is 4.00. The first-order valence-electron chi connectivity index (χ1n) is 7.91. The van der Waals surface area contributed by atoms with Crippen LogP contribution in [0.4, 0.5) is 5.69 Å². The van der Waals surface area contributed by atoms with Crippen LogP contribution in [0.15, 0.2) is 29.6 Å². The summed E-state index contributed by atoms with van der Waals surface area (Å²) < 4.78 is 27.3. The average Bonchev–Trinajstić information content (AvgIpc) is 3.05. The first-order chi connectivity index (χ1) is 12.5. The molecule has 0 aliphatic carbocycles. The largest absolute Gasteiger partial charge is 0.337 e. The van der Waals surface area contributed by atoms with Gasteiger partial charge < -0.3 is 9.80 Å². The van der Waals surface area contributed by atoms with Gasteiger partial charge in [-0.25, -0.2) is 8.42 Å². The molecule has 0 spiro atoms. The van der Waals surface area contributed by atoms with Crippen molar-refractivity contribution in [2.75, 3.05) is 30.9 Å². The molecule has 1 aromatic carbocycles. The molecule has 11 heteroatoms. The number of aromatic nitrogens is 2. The number of amides is 2. The highest BCUT2D eigenvalue weighted by Crippen LogP contribution is 2.14. The molecule has 1 aliphatic heterocycles. The van der Waals surface area contributed by atoms with Crippen molar-refractivity contribution in [1.82, 2.24) is 19.4 Å². The van der Waals surface area contributed by atoms with E-state index in [1.165, 1.54) is 0 Å². The fourth-order valence-corrected chi connectivity index (χ4v) is 3.51. The molecule has 3 rings (SSSR count). The van der Waals surface area contributed by atoms with Crippen LogP contribution in [0.1, 0.15) is 27.3 Å². The van der Waals surface area contributed by atoms with Gasteiger partial charge in [-0.3, -0.25) is 14.3 Å². The zero-order valence-electron chi connectivity index (χ0n) is 13.7. The number of nitrogens with one attached hydrogen (secondary N) is 1. The van der Waals surface area contributed by atoms with E-state index in [0.29, 0.717) is 49.5 Å². The van der Waals surface area contributed by atoms with E-state index < -0.39 is 10.9 Å². The molecular formula is C15H17N5O4S2. The molecule has 2 amide bonds. The molecule has 0 unspecified atom stereocenters. The zero-order valence-corrected chi connectivity index (χ0v) is 15.4. The third kappa shape index (κ3) is 4.35. The SMILES string of the molecule is O=C(c1ccc(N[SH](=O)=O)cc1)N1CCCN(C(=O)c2csnn2)CC1. The maximum atomic E-state index is 12.7. The van der Waals surface area contributed by atoms with E-state index in [2.05, 4.69) is 14.3 Å². The van der Waals surface area contributed by atoms with Crippen molar-refractivity contribution in [2.24, 2.45) is 0 Å². The number of benzene rings is 1. The van der Waals surface area contributed by atoms with E-state index in [1.54, 1.807) is 39.4 Å². The van der Waals surface area contributed by atoms with Crippen molar-refractivity contribution in [1.29, 1.82) is 0 Å². The zero-order chi connectivity index (χ0) is 18.5. The Bertz CT molecular complexity index is 843. The summed E-state index contributed by atoms with van der Waals surface area (Å²) in [6.07, 6.45) is 0.672. The fourth-order valence-electron chi connectivity index (χ4n) is 2.72. The Morgan fingerprint density at radius 1 is 1.00 bits per heavy atom. The Balaban J connectivity index is 1.63. The highest BCUT2D eigenvalue weighted by molar-refractivity contribution is 7.73. The Kier molecular flexibility index (Phi) is 5.78. The first-order valence-corrected chi connectivity index (χ1v) is 9.93. The lowest BCUT2D eigenvalue weighted by Crippen LogP contribution is -2.37. The Labute approximate surface area is 155 Å². The van der Waals surface area contributed by atoms with Crippen molar-refractivity contribution in [3.8, 4) is 0 Å². The van der Waals surface area contributed by atoms with Gasteiger partial charge in [0.15, 0.2) is 5.69 Å². The standard InChI is InChI=1S/C15H17N5O4S2/c21-14(11-2-4-12(5-3-11)17-26(23)24)19-6-1-7-20(9-8-19)15(22)13-10-25-18-16-13/h2-5,10,26H,1,6-9H2,(H,17,23,24). The minimum absolute atomic E-state index is 0.146. The Morgan fingerprint density at radius 3 is 2.23 bits per heavy atom. The monoisotopic (exact) mass is 395 g/mol. The number of carbonyl (C=O) groups is 2. The highest BCUT2D eigenvalue weighted by atomic mass is 32.2. The summed E-state index contributed by atoms with van der Waals surface area (Å²) in [5, 5.41) is 5.41. The fraction of sp³-hybridized carbons (Fsp3) is 0.333. The highest BCUT2D eigenvalue weighted by Gasteiger charge is 2.24. The summed E-state index contributed by atoms with van der Waals surface area (Å²) in [5.74, 6) is -0.317. The van der Waals surface area contributed by atoms with Gasteiger partial charge >= 0.3 is 0 Å². The van der Waals surface area contributed by atoms with Crippen molar-refractivity contribution in [3.05, 3.63) is 40.9 Å². The minimum Gasteiger partial charge on any atom is -0.337 e. The van der Waals surface area contributed by atoms with E-state index in [1.807, 2.05) is 0 Å². The second-order valence-corrected chi connectivity index (χ2v) is 7.02. The van der Waals surface area contributed by atoms with Gasteiger partial charge in [-0.2, -0.15) is 0 Å². The molecule has 0 bridgehead atoms.